The van der Waals surface area contributed by atoms with Gasteiger partial charge in [-0.25, -0.2) is 9.78 Å². The van der Waals surface area contributed by atoms with E-state index in [1.165, 1.54) is 52.6 Å². The van der Waals surface area contributed by atoms with E-state index in [2.05, 4.69) is 10.3 Å². The van der Waals surface area contributed by atoms with Gasteiger partial charge in [-0.05, 0) is 31.2 Å². The number of pyridine rings is 1. The van der Waals surface area contributed by atoms with Crippen molar-refractivity contribution in [3.8, 4) is 17.2 Å². The summed E-state index contributed by atoms with van der Waals surface area (Å²) in [5.74, 6) is -0.0274. The van der Waals surface area contributed by atoms with E-state index in [-0.39, 0.29) is 5.56 Å². The molecule has 0 fully saturated rings. The molecule has 1 N–H and O–H groups in total. The number of nitrogens with one attached hydrogen (secondary N) is 1. The molecule has 1 amide bonds. The van der Waals surface area contributed by atoms with Gasteiger partial charge in [0.05, 0.1) is 31.9 Å². The fourth-order valence-corrected chi connectivity index (χ4v) is 2.27. The van der Waals surface area contributed by atoms with E-state index < -0.39 is 18.0 Å². The number of methoxy groups -OCH3 is 3. The second kappa shape index (κ2) is 9.09. The minimum Gasteiger partial charge on any atom is -0.493 e. The molecule has 144 valence electrons. The standard InChI is InChI=1S/C18H19ClN2O6/c1-10(17(22)21-15-6-5-12(19)9-20-15)27-18(23)11-7-13(24-2)16(26-4)14(8-11)25-3/h5-10H,1-4H3,(H,20,21,22)/t10-/m0/s1. The van der Waals surface area contributed by atoms with Crippen molar-refractivity contribution in [2.45, 2.75) is 13.0 Å². The van der Waals surface area contributed by atoms with Gasteiger partial charge in [0.1, 0.15) is 5.82 Å². The third-order valence-electron chi connectivity index (χ3n) is 3.53. The van der Waals surface area contributed by atoms with Crippen LogP contribution in [0.2, 0.25) is 5.02 Å². The van der Waals surface area contributed by atoms with Crippen molar-refractivity contribution < 1.29 is 28.5 Å². The molecule has 2 rings (SSSR count). The SMILES string of the molecule is COc1cc(C(=O)O[C@@H](C)C(=O)Nc2ccc(Cl)cn2)cc(OC)c1OC. The lowest BCUT2D eigenvalue weighted by Gasteiger charge is -2.16. The number of hydrogen-bond donors (Lipinski definition) is 1. The summed E-state index contributed by atoms with van der Waals surface area (Å²) < 4.78 is 20.8. The van der Waals surface area contributed by atoms with Gasteiger partial charge in [0.2, 0.25) is 5.75 Å². The van der Waals surface area contributed by atoms with Crippen LogP contribution >= 0.6 is 11.6 Å². The number of halogens is 1. The normalized spacial score (nSPS) is 11.3. The van der Waals surface area contributed by atoms with Crippen molar-refractivity contribution in [3.63, 3.8) is 0 Å². The fourth-order valence-electron chi connectivity index (χ4n) is 2.16. The van der Waals surface area contributed by atoms with Crippen molar-refractivity contribution in [1.82, 2.24) is 4.98 Å². The first kappa shape index (κ1) is 20.3. The summed E-state index contributed by atoms with van der Waals surface area (Å²) in [7, 11) is 4.32. The molecule has 1 heterocycles. The summed E-state index contributed by atoms with van der Waals surface area (Å²) in [4.78, 5) is 28.5. The van der Waals surface area contributed by atoms with Crippen LogP contribution in [0.5, 0.6) is 17.2 Å². The van der Waals surface area contributed by atoms with Crippen molar-refractivity contribution in [1.29, 1.82) is 0 Å². The summed E-state index contributed by atoms with van der Waals surface area (Å²) in [6, 6.07) is 5.99. The zero-order valence-electron chi connectivity index (χ0n) is 15.2. The van der Waals surface area contributed by atoms with E-state index in [0.717, 1.165) is 0 Å². The van der Waals surface area contributed by atoms with Gasteiger partial charge in [0, 0.05) is 6.20 Å². The second-order valence-electron chi connectivity index (χ2n) is 5.31. The summed E-state index contributed by atoms with van der Waals surface area (Å²) in [5.41, 5.74) is 0.147. The van der Waals surface area contributed by atoms with Crippen molar-refractivity contribution >= 4 is 29.3 Å². The molecule has 9 heteroatoms. The predicted molar refractivity (Wildman–Crippen MR) is 98.9 cm³/mol. The molecule has 0 aliphatic rings. The Balaban J connectivity index is 2.11. The second-order valence-corrected chi connectivity index (χ2v) is 5.75. The molecule has 2 aromatic rings. The molecule has 0 aliphatic heterocycles. The summed E-state index contributed by atoms with van der Waals surface area (Å²) >= 11 is 5.74. The number of rotatable bonds is 7. The highest BCUT2D eigenvalue weighted by molar-refractivity contribution is 6.30. The van der Waals surface area contributed by atoms with E-state index in [1.807, 2.05) is 0 Å². The van der Waals surface area contributed by atoms with Crippen LogP contribution in [0, 0.1) is 0 Å². The molecule has 1 atom stereocenters. The third-order valence-corrected chi connectivity index (χ3v) is 3.76. The molecule has 0 saturated heterocycles. The van der Waals surface area contributed by atoms with Crippen LogP contribution in [0.4, 0.5) is 5.82 Å². The van der Waals surface area contributed by atoms with Crippen molar-refractivity contribution in [3.05, 3.63) is 41.0 Å². The van der Waals surface area contributed by atoms with Crippen LogP contribution in [0.25, 0.3) is 0 Å². The van der Waals surface area contributed by atoms with Crippen LogP contribution in [0.1, 0.15) is 17.3 Å². The smallest absolute Gasteiger partial charge is 0.339 e. The lowest BCUT2D eigenvalue weighted by molar-refractivity contribution is -0.123. The first-order valence-electron chi connectivity index (χ1n) is 7.83. The third kappa shape index (κ3) is 5.01. The molecule has 0 spiro atoms. The Hall–Kier alpha value is -3.00. The van der Waals surface area contributed by atoms with Crippen LogP contribution in [0.15, 0.2) is 30.5 Å². The number of nitrogens with zero attached hydrogens (tertiary/aromatic N) is 1. The Bertz CT molecular complexity index is 800. The maximum absolute atomic E-state index is 12.4. The number of anilines is 1. The first-order valence-corrected chi connectivity index (χ1v) is 8.20. The van der Waals surface area contributed by atoms with Gasteiger partial charge >= 0.3 is 5.97 Å². The maximum atomic E-state index is 12.4. The average molecular weight is 395 g/mol. The lowest BCUT2D eigenvalue weighted by Crippen LogP contribution is -2.30. The minimum atomic E-state index is -1.06. The molecule has 8 nitrogen and oxygen atoms in total. The van der Waals surface area contributed by atoms with E-state index in [9.17, 15) is 9.59 Å². The number of benzene rings is 1. The Morgan fingerprint density at radius 1 is 1.07 bits per heavy atom. The molecule has 0 aliphatic carbocycles. The highest BCUT2D eigenvalue weighted by atomic mass is 35.5. The van der Waals surface area contributed by atoms with Gasteiger partial charge in [0.25, 0.3) is 5.91 Å². The molecule has 0 saturated carbocycles. The topological polar surface area (TPSA) is 96.0 Å². The number of esters is 1. The van der Waals surface area contributed by atoms with Crippen LogP contribution in [-0.4, -0.2) is 44.3 Å². The van der Waals surface area contributed by atoms with Gasteiger partial charge in [-0.3, -0.25) is 4.79 Å². The quantitative estimate of drug-likeness (QED) is 0.721. The summed E-state index contributed by atoms with van der Waals surface area (Å²) in [5, 5.41) is 2.97. The predicted octanol–water partition coefficient (Wildman–Crippen LogP) is 2.94. The van der Waals surface area contributed by atoms with E-state index >= 15 is 0 Å². The number of carbonyl (C=O) groups excluding carboxylic acids is 2. The first-order chi connectivity index (χ1) is 12.9. The number of amides is 1. The highest BCUT2D eigenvalue weighted by Crippen LogP contribution is 2.38. The van der Waals surface area contributed by atoms with E-state index in [1.54, 1.807) is 6.07 Å². The van der Waals surface area contributed by atoms with Gasteiger partial charge in [-0.2, -0.15) is 0 Å². The van der Waals surface area contributed by atoms with Gasteiger partial charge in [-0.1, -0.05) is 11.6 Å². The van der Waals surface area contributed by atoms with Crippen molar-refractivity contribution in [2.24, 2.45) is 0 Å². The maximum Gasteiger partial charge on any atom is 0.339 e. The van der Waals surface area contributed by atoms with Gasteiger partial charge in [0.15, 0.2) is 17.6 Å². The minimum absolute atomic E-state index is 0.147. The Labute approximate surface area is 161 Å². The monoisotopic (exact) mass is 394 g/mol. The van der Waals surface area contributed by atoms with E-state index in [0.29, 0.717) is 28.1 Å². The van der Waals surface area contributed by atoms with Crippen molar-refractivity contribution in [2.75, 3.05) is 26.6 Å². The molecular weight excluding hydrogens is 376 g/mol. The number of carbonyl (C=O) groups is 2. The summed E-state index contributed by atoms with van der Waals surface area (Å²) in [6.07, 6.45) is 0.332. The molecule has 1 aromatic heterocycles. The number of hydrogen-bond acceptors (Lipinski definition) is 7. The lowest BCUT2D eigenvalue weighted by atomic mass is 10.2. The van der Waals surface area contributed by atoms with Crippen LogP contribution < -0.4 is 19.5 Å². The van der Waals surface area contributed by atoms with Gasteiger partial charge < -0.3 is 24.3 Å². The Morgan fingerprint density at radius 2 is 1.70 bits per heavy atom. The highest BCUT2D eigenvalue weighted by Gasteiger charge is 2.22. The fraction of sp³-hybridized carbons (Fsp3) is 0.278. The zero-order chi connectivity index (χ0) is 20.0. The molecular formula is C18H19ClN2O6. The molecule has 0 bridgehead atoms. The molecule has 0 unspecified atom stereocenters. The largest absolute Gasteiger partial charge is 0.493 e. The van der Waals surface area contributed by atoms with Gasteiger partial charge in [-0.15, -0.1) is 0 Å². The molecule has 1 aromatic carbocycles. The Kier molecular flexibility index (Phi) is 6.84. The summed E-state index contributed by atoms with van der Waals surface area (Å²) in [6.45, 7) is 1.45. The number of ether oxygens (including phenoxy) is 4. The number of aromatic nitrogens is 1. The van der Waals surface area contributed by atoms with Crippen LogP contribution in [-0.2, 0) is 9.53 Å². The molecule has 0 radical (unpaired) electrons. The molecule has 27 heavy (non-hydrogen) atoms. The Morgan fingerprint density at radius 3 is 2.19 bits per heavy atom. The van der Waals surface area contributed by atoms with Crippen LogP contribution in [0.3, 0.4) is 0 Å². The van der Waals surface area contributed by atoms with E-state index in [4.69, 9.17) is 30.5 Å². The zero-order valence-corrected chi connectivity index (χ0v) is 16.0. The average Bonchev–Trinajstić information content (AvgIpc) is 2.68.